The molecule has 0 heterocycles. The molecule has 2 N–H and O–H groups in total. The van der Waals surface area contributed by atoms with Crippen molar-refractivity contribution in [2.75, 3.05) is 20.1 Å². The van der Waals surface area contributed by atoms with Gasteiger partial charge in [0.25, 0.3) is 0 Å². The fraction of sp³-hybridized carbons (Fsp3) is 1.00. The zero-order valence-electron chi connectivity index (χ0n) is 13.3. The van der Waals surface area contributed by atoms with Gasteiger partial charge >= 0.3 is 0 Å². The molecule has 2 aliphatic rings. The van der Waals surface area contributed by atoms with E-state index >= 15 is 0 Å². The van der Waals surface area contributed by atoms with Gasteiger partial charge in [0.15, 0.2) is 0 Å². The number of likely N-dealkylation sites (N-methyl/N-ethyl adjacent to an activating group) is 1. The molecular formula is C17H34N2. The van der Waals surface area contributed by atoms with Gasteiger partial charge in [-0.1, -0.05) is 33.1 Å². The maximum Gasteiger partial charge on any atom is 0.0331 e. The number of hydrogen-bond donors (Lipinski definition) is 1. The van der Waals surface area contributed by atoms with Crippen LogP contribution in [0.15, 0.2) is 0 Å². The summed E-state index contributed by atoms with van der Waals surface area (Å²) < 4.78 is 0. The van der Waals surface area contributed by atoms with Crippen molar-refractivity contribution in [3.8, 4) is 0 Å². The van der Waals surface area contributed by atoms with Crippen LogP contribution in [-0.4, -0.2) is 30.6 Å². The Morgan fingerprint density at radius 1 is 1.16 bits per heavy atom. The van der Waals surface area contributed by atoms with Crippen LogP contribution in [0, 0.1) is 17.8 Å². The molecule has 0 aromatic heterocycles. The fourth-order valence-electron chi connectivity index (χ4n) is 4.27. The summed E-state index contributed by atoms with van der Waals surface area (Å²) in [5.41, 5.74) is 6.54. The Bertz CT molecular complexity index is 272. The highest BCUT2D eigenvalue weighted by Gasteiger charge is 2.39. The molecule has 2 unspecified atom stereocenters. The number of rotatable bonds is 6. The fourth-order valence-corrected chi connectivity index (χ4v) is 4.27. The van der Waals surface area contributed by atoms with Crippen LogP contribution < -0.4 is 5.73 Å². The third-order valence-corrected chi connectivity index (χ3v) is 5.67. The summed E-state index contributed by atoms with van der Waals surface area (Å²) >= 11 is 0. The van der Waals surface area contributed by atoms with E-state index in [1.807, 2.05) is 0 Å². The van der Waals surface area contributed by atoms with Crippen molar-refractivity contribution in [1.82, 2.24) is 4.90 Å². The number of nitrogens with two attached hydrogens (primary N) is 1. The average Bonchev–Trinajstić information content (AvgIpc) is 2.32. The quantitative estimate of drug-likeness (QED) is 0.795. The largest absolute Gasteiger partial charge is 0.329 e. The minimum atomic E-state index is 0.313. The molecule has 0 aromatic carbocycles. The van der Waals surface area contributed by atoms with E-state index in [0.717, 1.165) is 24.3 Å². The van der Waals surface area contributed by atoms with Gasteiger partial charge in [0.05, 0.1) is 0 Å². The van der Waals surface area contributed by atoms with Crippen LogP contribution in [0.4, 0.5) is 0 Å². The van der Waals surface area contributed by atoms with Gasteiger partial charge in [0.1, 0.15) is 0 Å². The lowest BCUT2D eigenvalue weighted by Crippen LogP contribution is -2.56. The number of nitrogens with zero attached hydrogens (tertiary/aromatic N) is 1. The molecule has 0 aromatic rings. The lowest BCUT2D eigenvalue weighted by molar-refractivity contribution is 0.0302. The standard InChI is InChI=1S/C17H34N2/c1-14(2)10-16-8-5-9-17(11-16,13-18)19(3)12-15-6-4-7-15/h14-16H,4-13,18H2,1-3H3. The molecule has 2 nitrogen and oxygen atoms in total. The maximum absolute atomic E-state index is 6.23. The van der Waals surface area contributed by atoms with Gasteiger partial charge < -0.3 is 5.73 Å². The van der Waals surface area contributed by atoms with E-state index in [1.54, 1.807) is 0 Å². The van der Waals surface area contributed by atoms with Crippen LogP contribution in [0.2, 0.25) is 0 Å². The second-order valence-electron chi connectivity index (χ2n) is 7.70. The van der Waals surface area contributed by atoms with Crippen molar-refractivity contribution in [2.45, 2.75) is 70.8 Å². The first-order chi connectivity index (χ1) is 9.05. The SMILES string of the molecule is CC(C)CC1CCCC(CN)(N(C)CC2CCC2)C1. The second-order valence-corrected chi connectivity index (χ2v) is 7.70. The molecule has 0 radical (unpaired) electrons. The van der Waals surface area contributed by atoms with Crippen molar-refractivity contribution in [1.29, 1.82) is 0 Å². The Morgan fingerprint density at radius 2 is 1.84 bits per heavy atom. The first-order valence-electron chi connectivity index (χ1n) is 8.47. The zero-order valence-corrected chi connectivity index (χ0v) is 13.3. The summed E-state index contributed by atoms with van der Waals surface area (Å²) in [6.07, 6.45) is 11.2. The van der Waals surface area contributed by atoms with Gasteiger partial charge in [-0.15, -0.1) is 0 Å². The average molecular weight is 266 g/mol. The summed E-state index contributed by atoms with van der Waals surface area (Å²) in [7, 11) is 2.34. The molecule has 2 atom stereocenters. The van der Waals surface area contributed by atoms with Crippen LogP contribution in [0.25, 0.3) is 0 Å². The second kappa shape index (κ2) is 6.58. The number of hydrogen-bond acceptors (Lipinski definition) is 2. The first kappa shape index (κ1) is 15.3. The van der Waals surface area contributed by atoms with Crippen LogP contribution in [0.5, 0.6) is 0 Å². The summed E-state index contributed by atoms with van der Waals surface area (Å²) in [4.78, 5) is 2.64. The van der Waals surface area contributed by atoms with Crippen molar-refractivity contribution >= 4 is 0 Å². The molecule has 0 amide bonds. The molecule has 2 fully saturated rings. The van der Waals surface area contributed by atoms with Crippen LogP contribution in [-0.2, 0) is 0 Å². The van der Waals surface area contributed by atoms with E-state index < -0.39 is 0 Å². The molecule has 2 saturated carbocycles. The van der Waals surface area contributed by atoms with Gasteiger partial charge in [-0.05, 0) is 56.9 Å². The lowest BCUT2D eigenvalue weighted by Gasteiger charge is -2.49. The van der Waals surface area contributed by atoms with Gasteiger partial charge in [-0.25, -0.2) is 0 Å². The Hall–Kier alpha value is -0.0800. The predicted molar refractivity (Wildman–Crippen MR) is 83.2 cm³/mol. The van der Waals surface area contributed by atoms with Crippen LogP contribution in [0.3, 0.4) is 0 Å². The van der Waals surface area contributed by atoms with Crippen molar-refractivity contribution in [3.05, 3.63) is 0 Å². The Balaban J connectivity index is 1.94. The van der Waals surface area contributed by atoms with Crippen LogP contribution in [0.1, 0.15) is 65.2 Å². The normalized spacial score (nSPS) is 32.8. The van der Waals surface area contributed by atoms with Crippen molar-refractivity contribution < 1.29 is 0 Å². The topological polar surface area (TPSA) is 29.3 Å². The third-order valence-electron chi connectivity index (χ3n) is 5.67. The summed E-state index contributed by atoms with van der Waals surface area (Å²) in [6.45, 7) is 6.85. The molecule has 2 heteroatoms. The molecule has 2 rings (SSSR count). The third kappa shape index (κ3) is 3.72. The smallest absolute Gasteiger partial charge is 0.0331 e. The van der Waals surface area contributed by atoms with E-state index in [9.17, 15) is 0 Å². The van der Waals surface area contributed by atoms with Crippen molar-refractivity contribution in [2.24, 2.45) is 23.5 Å². The molecule has 0 bridgehead atoms. The lowest BCUT2D eigenvalue weighted by atomic mass is 9.71. The van der Waals surface area contributed by atoms with E-state index in [-0.39, 0.29) is 0 Å². The van der Waals surface area contributed by atoms with Crippen LogP contribution >= 0.6 is 0 Å². The highest BCUT2D eigenvalue weighted by atomic mass is 15.2. The maximum atomic E-state index is 6.23. The van der Waals surface area contributed by atoms with E-state index in [1.165, 1.54) is 57.9 Å². The molecule has 0 aliphatic heterocycles. The first-order valence-corrected chi connectivity index (χ1v) is 8.47. The highest BCUT2D eigenvalue weighted by Crippen LogP contribution is 2.40. The molecule has 19 heavy (non-hydrogen) atoms. The monoisotopic (exact) mass is 266 g/mol. The minimum absolute atomic E-state index is 0.313. The predicted octanol–water partition coefficient (Wildman–Crippen LogP) is 3.65. The zero-order chi connectivity index (χ0) is 13.9. The molecule has 0 spiro atoms. The summed E-state index contributed by atoms with van der Waals surface area (Å²) in [6, 6.07) is 0. The highest BCUT2D eigenvalue weighted by molar-refractivity contribution is 4.96. The molecular weight excluding hydrogens is 232 g/mol. The van der Waals surface area contributed by atoms with E-state index in [0.29, 0.717) is 5.54 Å². The Labute approximate surface area is 120 Å². The summed E-state index contributed by atoms with van der Waals surface area (Å²) in [5, 5.41) is 0. The van der Waals surface area contributed by atoms with Gasteiger partial charge in [0, 0.05) is 18.6 Å². The summed E-state index contributed by atoms with van der Waals surface area (Å²) in [5.74, 6) is 2.69. The van der Waals surface area contributed by atoms with Gasteiger partial charge in [0.2, 0.25) is 0 Å². The van der Waals surface area contributed by atoms with Crippen molar-refractivity contribution in [3.63, 3.8) is 0 Å². The Kier molecular flexibility index (Phi) is 5.30. The molecule has 0 saturated heterocycles. The van der Waals surface area contributed by atoms with Gasteiger partial charge in [-0.2, -0.15) is 0 Å². The minimum Gasteiger partial charge on any atom is -0.329 e. The Morgan fingerprint density at radius 3 is 2.37 bits per heavy atom. The molecule has 2 aliphatic carbocycles. The van der Waals surface area contributed by atoms with E-state index in [4.69, 9.17) is 5.73 Å². The van der Waals surface area contributed by atoms with E-state index in [2.05, 4.69) is 25.8 Å². The molecule has 112 valence electrons. The van der Waals surface area contributed by atoms with Gasteiger partial charge in [-0.3, -0.25) is 4.90 Å².